The molecule has 9 heteroatoms. The van der Waals surface area contributed by atoms with Crippen LogP contribution < -0.4 is 10.0 Å². The highest BCUT2D eigenvalue weighted by atomic mass is 127. The standard InChI is InChI=1S/C17H34N4O2S2.HI/c1-5-18-15(19-13-16(2,3)20-25(4,22)23)21-11-12-24-17(14-21)9-7-6-8-10-17;/h20H,5-14H2,1-4H3,(H,18,19);1H. The number of nitrogens with zero attached hydrogens (tertiary/aromatic N) is 2. The molecule has 1 aliphatic carbocycles. The second-order valence-electron chi connectivity index (χ2n) is 7.94. The van der Waals surface area contributed by atoms with Crippen molar-refractivity contribution in [3.8, 4) is 0 Å². The summed E-state index contributed by atoms with van der Waals surface area (Å²) in [4.78, 5) is 7.14. The van der Waals surface area contributed by atoms with Gasteiger partial charge in [0.2, 0.25) is 10.0 Å². The van der Waals surface area contributed by atoms with E-state index >= 15 is 0 Å². The molecule has 1 aliphatic heterocycles. The maximum atomic E-state index is 11.5. The minimum Gasteiger partial charge on any atom is -0.357 e. The Morgan fingerprint density at radius 2 is 1.92 bits per heavy atom. The maximum absolute atomic E-state index is 11.5. The number of sulfonamides is 1. The topological polar surface area (TPSA) is 73.8 Å². The fraction of sp³-hybridized carbons (Fsp3) is 0.941. The lowest BCUT2D eigenvalue weighted by molar-refractivity contribution is 0.292. The van der Waals surface area contributed by atoms with Crippen molar-refractivity contribution in [2.45, 2.75) is 63.2 Å². The van der Waals surface area contributed by atoms with E-state index in [1.54, 1.807) is 0 Å². The fourth-order valence-corrected chi connectivity index (χ4v) is 6.39. The zero-order valence-corrected chi connectivity index (χ0v) is 20.5. The molecule has 2 fully saturated rings. The number of rotatable bonds is 5. The van der Waals surface area contributed by atoms with E-state index in [0.717, 1.165) is 31.3 Å². The van der Waals surface area contributed by atoms with Crippen LogP contribution in [-0.2, 0) is 10.0 Å². The van der Waals surface area contributed by atoms with Gasteiger partial charge in [0.05, 0.1) is 12.8 Å². The van der Waals surface area contributed by atoms with Gasteiger partial charge in [-0.15, -0.1) is 24.0 Å². The molecule has 0 aromatic heterocycles. The highest BCUT2D eigenvalue weighted by Gasteiger charge is 2.38. The summed E-state index contributed by atoms with van der Waals surface area (Å²) in [7, 11) is -3.25. The normalized spacial score (nSPS) is 21.4. The Morgan fingerprint density at radius 1 is 1.27 bits per heavy atom. The average Bonchev–Trinajstić information content (AvgIpc) is 2.50. The highest BCUT2D eigenvalue weighted by Crippen LogP contribution is 2.42. The zero-order valence-electron chi connectivity index (χ0n) is 16.5. The van der Waals surface area contributed by atoms with E-state index in [2.05, 4.69) is 33.6 Å². The van der Waals surface area contributed by atoms with Crippen molar-refractivity contribution in [1.29, 1.82) is 0 Å². The minimum atomic E-state index is -3.25. The van der Waals surface area contributed by atoms with Crippen LogP contribution in [0.1, 0.15) is 52.9 Å². The number of nitrogens with one attached hydrogen (secondary N) is 2. The SMILES string of the molecule is CCNC(=NCC(C)(C)NS(C)(=O)=O)N1CCSC2(CCCCC2)C1.I. The van der Waals surface area contributed by atoms with E-state index in [4.69, 9.17) is 4.99 Å². The Bertz CT molecular complexity index is 570. The Hall–Kier alpha value is 0.260. The van der Waals surface area contributed by atoms with Crippen molar-refractivity contribution < 1.29 is 8.42 Å². The largest absolute Gasteiger partial charge is 0.357 e. The second-order valence-corrected chi connectivity index (χ2v) is 11.3. The van der Waals surface area contributed by atoms with Gasteiger partial charge in [-0.1, -0.05) is 19.3 Å². The summed E-state index contributed by atoms with van der Waals surface area (Å²) in [6.07, 6.45) is 7.82. The van der Waals surface area contributed by atoms with Gasteiger partial charge in [0, 0.05) is 35.7 Å². The first-order valence-corrected chi connectivity index (χ1v) is 12.2. The van der Waals surface area contributed by atoms with Crippen molar-refractivity contribution in [2.24, 2.45) is 4.99 Å². The van der Waals surface area contributed by atoms with Crippen LogP contribution in [-0.4, -0.2) is 67.8 Å². The summed E-state index contributed by atoms with van der Waals surface area (Å²) in [5, 5.41) is 3.40. The zero-order chi connectivity index (χ0) is 18.6. The lowest BCUT2D eigenvalue weighted by atomic mass is 9.87. The third kappa shape index (κ3) is 7.71. The van der Waals surface area contributed by atoms with Crippen molar-refractivity contribution >= 4 is 51.7 Å². The second kappa shape index (κ2) is 10.2. The van der Waals surface area contributed by atoms with Gasteiger partial charge < -0.3 is 10.2 Å². The minimum absolute atomic E-state index is 0. The van der Waals surface area contributed by atoms with Crippen LogP contribution in [0.5, 0.6) is 0 Å². The summed E-state index contributed by atoms with van der Waals surface area (Å²) in [5.41, 5.74) is -0.596. The van der Waals surface area contributed by atoms with Gasteiger partial charge in [-0.3, -0.25) is 4.99 Å². The molecule has 0 unspecified atom stereocenters. The smallest absolute Gasteiger partial charge is 0.209 e. The van der Waals surface area contributed by atoms with Crippen molar-refractivity contribution in [1.82, 2.24) is 14.9 Å². The predicted octanol–water partition coefficient (Wildman–Crippen LogP) is 2.65. The van der Waals surface area contributed by atoms with Crippen LogP contribution in [0.15, 0.2) is 4.99 Å². The molecule has 6 nitrogen and oxygen atoms in total. The van der Waals surface area contributed by atoms with Crippen LogP contribution in [0.2, 0.25) is 0 Å². The molecule has 1 saturated heterocycles. The summed E-state index contributed by atoms with van der Waals surface area (Å²) in [6, 6.07) is 0. The Labute approximate surface area is 180 Å². The van der Waals surface area contributed by atoms with E-state index < -0.39 is 15.6 Å². The van der Waals surface area contributed by atoms with Gasteiger partial charge >= 0.3 is 0 Å². The van der Waals surface area contributed by atoms with Gasteiger partial charge in [-0.2, -0.15) is 11.8 Å². The molecule has 2 N–H and O–H groups in total. The van der Waals surface area contributed by atoms with Crippen LogP contribution in [0, 0.1) is 0 Å². The van der Waals surface area contributed by atoms with Gasteiger partial charge in [0.15, 0.2) is 5.96 Å². The van der Waals surface area contributed by atoms with Crippen LogP contribution in [0.25, 0.3) is 0 Å². The molecule has 0 bridgehead atoms. The van der Waals surface area contributed by atoms with Gasteiger partial charge in [-0.05, 0) is 33.6 Å². The summed E-state index contributed by atoms with van der Waals surface area (Å²) < 4.78 is 26.1. The molecule has 0 atom stereocenters. The van der Waals surface area contributed by atoms with Gasteiger partial charge in [0.25, 0.3) is 0 Å². The van der Waals surface area contributed by atoms with E-state index in [-0.39, 0.29) is 24.0 Å². The lowest BCUT2D eigenvalue weighted by Crippen LogP contribution is -2.54. The van der Waals surface area contributed by atoms with E-state index in [0.29, 0.717) is 11.3 Å². The predicted molar refractivity (Wildman–Crippen MR) is 123 cm³/mol. The average molecular weight is 519 g/mol. The monoisotopic (exact) mass is 518 g/mol. The summed E-state index contributed by atoms with van der Waals surface area (Å²) in [5.74, 6) is 2.05. The fourth-order valence-electron chi connectivity index (χ4n) is 3.76. The molecule has 0 aromatic rings. The van der Waals surface area contributed by atoms with Crippen molar-refractivity contribution in [3.63, 3.8) is 0 Å². The Balaban J connectivity index is 0.00000338. The molecular weight excluding hydrogens is 483 g/mol. The number of thioether (sulfide) groups is 1. The van der Waals surface area contributed by atoms with E-state index in [1.807, 2.05) is 13.8 Å². The first-order valence-electron chi connectivity index (χ1n) is 9.31. The van der Waals surface area contributed by atoms with Gasteiger partial charge in [0.1, 0.15) is 0 Å². The molecule has 1 spiro atoms. The molecule has 26 heavy (non-hydrogen) atoms. The van der Waals surface area contributed by atoms with Crippen molar-refractivity contribution in [2.75, 3.05) is 38.2 Å². The molecule has 2 rings (SSSR count). The van der Waals surface area contributed by atoms with Crippen LogP contribution >= 0.6 is 35.7 Å². The molecule has 2 aliphatic rings. The molecule has 154 valence electrons. The van der Waals surface area contributed by atoms with E-state index in [1.165, 1.54) is 38.4 Å². The number of halogens is 1. The molecule has 1 saturated carbocycles. The molecule has 0 amide bonds. The molecular formula is C17H35IN4O2S2. The number of hydrogen-bond acceptors (Lipinski definition) is 4. The maximum Gasteiger partial charge on any atom is 0.209 e. The Morgan fingerprint density at radius 3 is 2.50 bits per heavy atom. The van der Waals surface area contributed by atoms with E-state index in [9.17, 15) is 8.42 Å². The third-order valence-corrected chi connectivity index (χ3v) is 7.19. The highest BCUT2D eigenvalue weighted by molar-refractivity contribution is 14.0. The molecule has 1 heterocycles. The van der Waals surface area contributed by atoms with Crippen LogP contribution in [0.3, 0.4) is 0 Å². The molecule has 0 aromatic carbocycles. The Kier molecular flexibility index (Phi) is 9.49. The first kappa shape index (κ1) is 24.3. The number of hydrogen-bond donors (Lipinski definition) is 2. The third-order valence-electron chi connectivity index (χ3n) is 4.73. The van der Waals surface area contributed by atoms with Gasteiger partial charge in [-0.25, -0.2) is 13.1 Å². The summed E-state index contributed by atoms with van der Waals surface area (Å²) in [6.45, 7) is 9.09. The number of guanidine groups is 1. The lowest BCUT2D eigenvalue weighted by Gasteiger charge is -2.45. The number of aliphatic imine (C=N–C) groups is 1. The van der Waals surface area contributed by atoms with Crippen LogP contribution in [0.4, 0.5) is 0 Å². The first-order chi connectivity index (χ1) is 11.6. The van der Waals surface area contributed by atoms with Crippen molar-refractivity contribution in [3.05, 3.63) is 0 Å². The molecule has 0 radical (unpaired) electrons. The quantitative estimate of drug-likeness (QED) is 0.333. The summed E-state index contributed by atoms with van der Waals surface area (Å²) >= 11 is 2.14.